The van der Waals surface area contributed by atoms with Crippen molar-refractivity contribution in [2.45, 2.75) is 19.3 Å². The van der Waals surface area contributed by atoms with E-state index in [-0.39, 0.29) is 5.41 Å². The summed E-state index contributed by atoms with van der Waals surface area (Å²) in [7, 11) is 0. The van der Waals surface area contributed by atoms with Gasteiger partial charge in [-0.05, 0) is 69.8 Å². The summed E-state index contributed by atoms with van der Waals surface area (Å²) in [6.45, 7) is 4.68. The minimum absolute atomic E-state index is 0.0644. The van der Waals surface area contributed by atoms with Crippen molar-refractivity contribution < 1.29 is 4.42 Å². The number of para-hydroxylation sites is 3. The monoisotopic (exact) mass is 756 g/mol. The van der Waals surface area contributed by atoms with E-state index in [9.17, 15) is 0 Å². The highest BCUT2D eigenvalue weighted by molar-refractivity contribution is 6.14. The molecule has 0 radical (unpaired) electrons. The van der Waals surface area contributed by atoms with Crippen LogP contribution >= 0.6 is 0 Å². The molecular weight excluding hydrogens is 721 g/mol. The average molecular weight is 757 g/mol. The van der Waals surface area contributed by atoms with Crippen molar-refractivity contribution in [1.29, 1.82) is 0 Å². The molecule has 1 aliphatic rings. The molecule has 0 saturated carbocycles. The van der Waals surface area contributed by atoms with Gasteiger partial charge < -0.3 is 8.98 Å². The lowest BCUT2D eigenvalue weighted by Crippen LogP contribution is -2.14. The van der Waals surface area contributed by atoms with E-state index in [0.29, 0.717) is 17.5 Å². The highest BCUT2D eigenvalue weighted by Crippen LogP contribution is 2.50. The quantitative estimate of drug-likeness (QED) is 0.175. The summed E-state index contributed by atoms with van der Waals surface area (Å²) < 4.78 is 9.39. The molecular formula is C54H36N4O. The summed E-state index contributed by atoms with van der Waals surface area (Å²) >= 11 is 0. The largest absolute Gasteiger partial charge is 0.453 e. The summed E-state index contributed by atoms with van der Waals surface area (Å²) in [5.74, 6) is 1.79. The molecule has 0 atom stereocenters. The molecule has 0 aliphatic heterocycles. The first-order valence-corrected chi connectivity index (χ1v) is 20.1. The Bertz CT molecular complexity index is 3410. The van der Waals surface area contributed by atoms with E-state index in [1.807, 2.05) is 66.7 Å². The Morgan fingerprint density at radius 2 is 0.949 bits per heavy atom. The second-order valence-electron chi connectivity index (χ2n) is 16.0. The van der Waals surface area contributed by atoms with E-state index in [4.69, 9.17) is 19.4 Å². The number of fused-ring (bicyclic) bond motifs is 9. The fourth-order valence-corrected chi connectivity index (χ4v) is 9.38. The molecule has 3 aromatic heterocycles. The van der Waals surface area contributed by atoms with Gasteiger partial charge in [-0.15, -0.1) is 0 Å². The zero-order chi connectivity index (χ0) is 39.2. The van der Waals surface area contributed by atoms with Gasteiger partial charge >= 0.3 is 0 Å². The highest BCUT2D eigenvalue weighted by Gasteiger charge is 2.35. The van der Waals surface area contributed by atoms with Gasteiger partial charge in [-0.1, -0.05) is 159 Å². The first-order chi connectivity index (χ1) is 29.0. The SMILES string of the molecule is CC1(C)c2ccccc2-c2ccc(-c3ccc4c(c3)c3ccccc3n4-c3cccc4c3oc3c(-c5nc(-c6ccccc6)nc(-c6ccccc6)n5)cccc34)cc21. The Kier molecular flexibility index (Phi) is 7.20. The maximum absolute atomic E-state index is 7.04. The molecule has 1 aliphatic carbocycles. The van der Waals surface area contributed by atoms with E-state index in [0.717, 1.165) is 55.3 Å². The van der Waals surface area contributed by atoms with Gasteiger partial charge in [0.05, 0.1) is 22.3 Å². The van der Waals surface area contributed by atoms with Crippen molar-refractivity contribution in [2.75, 3.05) is 0 Å². The minimum atomic E-state index is -0.0644. The summed E-state index contributed by atoms with van der Waals surface area (Å²) in [6, 6.07) is 64.2. The Hall–Kier alpha value is -7.63. The first-order valence-electron chi connectivity index (χ1n) is 20.1. The van der Waals surface area contributed by atoms with Crippen LogP contribution in [-0.4, -0.2) is 19.5 Å². The predicted molar refractivity (Wildman–Crippen MR) is 241 cm³/mol. The predicted octanol–water partition coefficient (Wildman–Crippen LogP) is 13.8. The van der Waals surface area contributed by atoms with Crippen LogP contribution < -0.4 is 0 Å². The van der Waals surface area contributed by atoms with Crippen molar-refractivity contribution in [3.63, 3.8) is 0 Å². The van der Waals surface area contributed by atoms with Crippen molar-refractivity contribution in [1.82, 2.24) is 19.5 Å². The number of aromatic nitrogens is 4. The molecule has 11 aromatic rings. The van der Waals surface area contributed by atoms with Crippen molar-refractivity contribution in [3.05, 3.63) is 193 Å². The van der Waals surface area contributed by atoms with Gasteiger partial charge in [0.1, 0.15) is 5.58 Å². The number of benzene rings is 8. The molecule has 3 heterocycles. The molecule has 0 fully saturated rings. The molecule has 5 nitrogen and oxygen atoms in total. The number of rotatable bonds is 5. The maximum Gasteiger partial charge on any atom is 0.167 e. The molecule has 0 spiro atoms. The van der Waals surface area contributed by atoms with Gasteiger partial charge in [-0.2, -0.15) is 0 Å². The molecule has 0 saturated heterocycles. The Morgan fingerprint density at radius 3 is 1.73 bits per heavy atom. The van der Waals surface area contributed by atoms with Crippen LogP contribution in [0.5, 0.6) is 0 Å². The van der Waals surface area contributed by atoms with Gasteiger partial charge in [0.2, 0.25) is 0 Å². The normalized spacial score (nSPS) is 13.1. The molecule has 5 heteroatoms. The third-order valence-electron chi connectivity index (χ3n) is 12.3. The van der Waals surface area contributed by atoms with E-state index in [1.165, 1.54) is 44.2 Å². The summed E-state index contributed by atoms with van der Waals surface area (Å²) in [6.07, 6.45) is 0. The van der Waals surface area contributed by atoms with E-state index < -0.39 is 0 Å². The second-order valence-corrected chi connectivity index (χ2v) is 16.0. The average Bonchev–Trinajstić information content (AvgIpc) is 3.92. The topological polar surface area (TPSA) is 56.7 Å². The lowest BCUT2D eigenvalue weighted by molar-refractivity contribution is 0.660. The van der Waals surface area contributed by atoms with Crippen molar-refractivity contribution in [3.8, 4) is 62.1 Å². The third kappa shape index (κ3) is 5.08. The molecule has 59 heavy (non-hydrogen) atoms. The minimum Gasteiger partial charge on any atom is -0.453 e. The Balaban J connectivity index is 1.03. The van der Waals surface area contributed by atoms with E-state index in [1.54, 1.807) is 0 Å². The number of hydrogen-bond donors (Lipinski definition) is 0. The van der Waals surface area contributed by atoms with Crippen LogP contribution in [0.2, 0.25) is 0 Å². The number of nitrogens with zero attached hydrogens (tertiary/aromatic N) is 4. The highest BCUT2D eigenvalue weighted by atomic mass is 16.3. The number of hydrogen-bond acceptors (Lipinski definition) is 4. The first kappa shape index (κ1) is 33.5. The Labute approximate surface area is 340 Å². The second kappa shape index (κ2) is 12.7. The standard InChI is InChI=1S/C54H36N4O/c1-54(2)44-24-11-9-19-37(44)38-29-27-36(32-45(38)54)35-28-30-47-43(31-35)39-20-10-12-25-46(39)58(47)48-26-14-22-41-40-21-13-23-42(49(40)59-50(41)48)53-56-51(33-15-5-3-6-16-33)55-52(57-53)34-17-7-4-8-18-34/h3-32H,1-2H3. The molecule has 0 N–H and O–H groups in total. The number of furan rings is 1. The molecule has 0 amide bonds. The van der Waals surface area contributed by atoms with Crippen molar-refractivity contribution >= 4 is 43.7 Å². The lowest BCUT2D eigenvalue weighted by atomic mass is 9.81. The molecule has 8 aromatic carbocycles. The van der Waals surface area contributed by atoms with Crippen LogP contribution in [0.15, 0.2) is 186 Å². The molecule has 0 unspecified atom stereocenters. The van der Waals surface area contributed by atoms with Crippen LogP contribution in [0.4, 0.5) is 0 Å². The summed E-state index contributed by atoms with van der Waals surface area (Å²) in [5.41, 5.74) is 15.2. The lowest BCUT2D eigenvalue weighted by Gasteiger charge is -2.22. The van der Waals surface area contributed by atoms with Crippen molar-refractivity contribution in [2.24, 2.45) is 0 Å². The maximum atomic E-state index is 7.04. The van der Waals surface area contributed by atoms with E-state index >= 15 is 0 Å². The zero-order valence-electron chi connectivity index (χ0n) is 32.5. The smallest absolute Gasteiger partial charge is 0.167 e. The van der Waals surface area contributed by atoms with Crippen LogP contribution in [0.1, 0.15) is 25.0 Å². The fourth-order valence-electron chi connectivity index (χ4n) is 9.38. The summed E-state index contributed by atoms with van der Waals surface area (Å²) in [4.78, 5) is 15.0. The third-order valence-corrected chi connectivity index (χ3v) is 12.3. The van der Waals surface area contributed by atoms with Crippen LogP contribution in [0.25, 0.3) is 106 Å². The van der Waals surface area contributed by atoms with Gasteiger partial charge in [0.15, 0.2) is 23.1 Å². The Morgan fingerprint density at radius 1 is 0.390 bits per heavy atom. The molecule has 0 bridgehead atoms. The fraction of sp³-hybridized carbons (Fsp3) is 0.0556. The van der Waals surface area contributed by atoms with Crippen LogP contribution in [-0.2, 0) is 5.41 Å². The van der Waals surface area contributed by atoms with E-state index in [2.05, 4.69) is 134 Å². The van der Waals surface area contributed by atoms with Gasteiger partial charge in [-0.25, -0.2) is 15.0 Å². The van der Waals surface area contributed by atoms with Gasteiger partial charge in [0, 0.05) is 38.1 Å². The molecule has 12 rings (SSSR count). The van der Waals surface area contributed by atoms with Crippen LogP contribution in [0, 0.1) is 0 Å². The van der Waals surface area contributed by atoms with Gasteiger partial charge in [0.25, 0.3) is 0 Å². The zero-order valence-corrected chi connectivity index (χ0v) is 32.5. The molecule has 278 valence electrons. The van der Waals surface area contributed by atoms with Crippen LogP contribution in [0.3, 0.4) is 0 Å². The summed E-state index contributed by atoms with van der Waals surface area (Å²) in [5, 5.41) is 4.43. The van der Waals surface area contributed by atoms with Gasteiger partial charge in [-0.3, -0.25) is 0 Å².